The molecule has 2 heterocycles. The first-order valence-corrected chi connectivity index (χ1v) is 9.53. The summed E-state index contributed by atoms with van der Waals surface area (Å²) in [6, 6.07) is 10.1. The lowest BCUT2D eigenvalue weighted by Gasteiger charge is -2.06. The van der Waals surface area contributed by atoms with Crippen molar-refractivity contribution in [2.24, 2.45) is 0 Å². The third-order valence-corrected chi connectivity index (χ3v) is 5.05. The normalized spacial score (nSPS) is 11.3. The van der Waals surface area contributed by atoms with Gasteiger partial charge in [-0.1, -0.05) is 13.3 Å². The van der Waals surface area contributed by atoms with E-state index in [9.17, 15) is 19.8 Å². The highest BCUT2D eigenvalue weighted by molar-refractivity contribution is 6.05. The van der Waals surface area contributed by atoms with Crippen LogP contribution >= 0.6 is 0 Å². The Kier molecular flexibility index (Phi) is 4.95. The zero-order chi connectivity index (χ0) is 21.4. The van der Waals surface area contributed by atoms with Crippen LogP contribution in [0.2, 0.25) is 0 Å². The third kappa shape index (κ3) is 3.28. The molecule has 0 fully saturated rings. The molecule has 154 valence electrons. The Morgan fingerprint density at radius 1 is 1.07 bits per heavy atom. The van der Waals surface area contributed by atoms with Crippen LogP contribution in [0.1, 0.15) is 24.5 Å². The number of fused-ring (bicyclic) bond motifs is 2. The van der Waals surface area contributed by atoms with Crippen molar-refractivity contribution in [3.8, 4) is 22.8 Å². The second kappa shape index (κ2) is 7.59. The van der Waals surface area contributed by atoms with Gasteiger partial charge in [0.15, 0.2) is 11.2 Å². The summed E-state index contributed by atoms with van der Waals surface area (Å²) in [5.41, 5.74) is 1.37. The maximum Gasteiger partial charge on any atom is 0.336 e. The molecule has 2 N–H and O–H groups in total. The number of hydrogen-bond donors (Lipinski definition) is 2. The van der Waals surface area contributed by atoms with E-state index in [-0.39, 0.29) is 23.3 Å². The van der Waals surface area contributed by atoms with Crippen LogP contribution in [0, 0.1) is 0 Å². The predicted octanol–water partition coefficient (Wildman–Crippen LogP) is 4.50. The molecule has 0 radical (unpaired) electrons. The van der Waals surface area contributed by atoms with E-state index in [0.717, 1.165) is 12.0 Å². The zero-order valence-electron chi connectivity index (χ0n) is 16.5. The molecule has 4 rings (SSSR count). The second-order valence-electron chi connectivity index (χ2n) is 7.03. The van der Waals surface area contributed by atoms with Gasteiger partial charge in [-0.05, 0) is 42.3 Å². The highest BCUT2D eigenvalue weighted by atomic mass is 16.5. The second-order valence-corrected chi connectivity index (χ2v) is 7.03. The molecule has 2 aromatic carbocycles. The quantitative estimate of drug-likeness (QED) is 0.452. The van der Waals surface area contributed by atoms with Crippen LogP contribution in [0.25, 0.3) is 33.3 Å². The third-order valence-electron chi connectivity index (χ3n) is 5.05. The van der Waals surface area contributed by atoms with E-state index < -0.39 is 11.6 Å². The van der Waals surface area contributed by atoms with Crippen LogP contribution < -0.4 is 10.4 Å². The molecule has 0 bridgehead atoms. The Balaban J connectivity index is 2.06. The Morgan fingerprint density at radius 3 is 2.40 bits per heavy atom. The summed E-state index contributed by atoms with van der Waals surface area (Å²) >= 11 is 0. The number of phenols is 1. The van der Waals surface area contributed by atoms with Gasteiger partial charge in [0.05, 0.1) is 13.5 Å². The number of phenolic OH excluding ortho intramolecular Hbond substituents is 1. The van der Waals surface area contributed by atoms with Gasteiger partial charge in [-0.2, -0.15) is 0 Å². The first kappa shape index (κ1) is 19.6. The Bertz CT molecular complexity index is 1310. The van der Waals surface area contributed by atoms with Crippen molar-refractivity contribution >= 4 is 27.9 Å². The monoisotopic (exact) mass is 408 g/mol. The number of rotatable bonds is 6. The SMILES string of the molecule is CCCc1cc(=O)oc2c(O)c3oc(-c4ccc(OC)cc4)c(CC(=O)O)c3cc12. The minimum absolute atomic E-state index is 0.0374. The summed E-state index contributed by atoms with van der Waals surface area (Å²) in [5, 5.41) is 21.3. The average molecular weight is 408 g/mol. The summed E-state index contributed by atoms with van der Waals surface area (Å²) < 4.78 is 16.3. The predicted molar refractivity (Wildman–Crippen MR) is 111 cm³/mol. The van der Waals surface area contributed by atoms with Crippen molar-refractivity contribution in [3.63, 3.8) is 0 Å². The number of methoxy groups -OCH3 is 1. The van der Waals surface area contributed by atoms with E-state index in [4.69, 9.17) is 13.6 Å². The lowest BCUT2D eigenvalue weighted by atomic mass is 9.99. The maximum atomic E-state index is 12.0. The molecule has 0 unspecified atom stereocenters. The number of furan rings is 1. The van der Waals surface area contributed by atoms with Crippen molar-refractivity contribution < 1.29 is 28.6 Å². The van der Waals surface area contributed by atoms with Gasteiger partial charge < -0.3 is 23.8 Å². The topological polar surface area (TPSA) is 110 Å². The fourth-order valence-electron chi connectivity index (χ4n) is 3.72. The lowest BCUT2D eigenvalue weighted by Crippen LogP contribution is -2.02. The number of carboxylic acid groups (broad SMARTS) is 1. The number of aromatic hydroxyl groups is 1. The molecule has 0 saturated carbocycles. The number of aliphatic carboxylic acids is 1. The highest BCUT2D eigenvalue weighted by Gasteiger charge is 2.24. The van der Waals surface area contributed by atoms with Gasteiger partial charge in [0.25, 0.3) is 0 Å². The maximum absolute atomic E-state index is 12.0. The fourth-order valence-corrected chi connectivity index (χ4v) is 3.72. The molecule has 0 saturated heterocycles. The number of hydrogen-bond acceptors (Lipinski definition) is 6. The minimum Gasteiger partial charge on any atom is -0.502 e. The van der Waals surface area contributed by atoms with Gasteiger partial charge in [0.1, 0.15) is 11.5 Å². The molecule has 0 aliphatic rings. The zero-order valence-corrected chi connectivity index (χ0v) is 16.5. The van der Waals surface area contributed by atoms with Crippen molar-refractivity contribution in [1.82, 2.24) is 0 Å². The van der Waals surface area contributed by atoms with Crippen LogP contribution in [0.4, 0.5) is 0 Å². The largest absolute Gasteiger partial charge is 0.502 e. The number of carbonyl (C=O) groups is 1. The molecule has 0 spiro atoms. The molecule has 0 atom stereocenters. The Hall–Kier alpha value is -3.74. The van der Waals surface area contributed by atoms with E-state index in [0.29, 0.717) is 39.8 Å². The number of carboxylic acids is 1. The number of ether oxygens (including phenoxy) is 1. The van der Waals surface area contributed by atoms with Crippen molar-refractivity contribution in [3.05, 3.63) is 57.9 Å². The molecule has 2 aromatic heterocycles. The van der Waals surface area contributed by atoms with Crippen LogP contribution in [0.5, 0.6) is 11.5 Å². The molecule has 4 aromatic rings. The van der Waals surface area contributed by atoms with Crippen molar-refractivity contribution in [1.29, 1.82) is 0 Å². The Labute approximate surface area is 171 Å². The van der Waals surface area contributed by atoms with Crippen molar-refractivity contribution in [2.45, 2.75) is 26.2 Å². The van der Waals surface area contributed by atoms with Gasteiger partial charge in [-0.3, -0.25) is 4.79 Å². The van der Waals surface area contributed by atoms with Crippen LogP contribution in [-0.2, 0) is 17.6 Å². The molecule has 7 heteroatoms. The first-order chi connectivity index (χ1) is 14.4. The van der Waals surface area contributed by atoms with E-state index in [1.807, 2.05) is 6.92 Å². The summed E-state index contributed by atoms with van der Waals surface area (Å²) in [6.07, 6.45) is 1.12. The van der Waals surface area contributed by atoms with Gasteiger partial charge >= 0.3 is 11.6 Å². The highest BCUT2D eigenvalue weighted by Crippen LogP contribution is 2.42. The summed E-state index contributed by atoms with van der Waals surface area (Å²) in [7, 11) is 1.55. The summed E-state index contributed by atoms with van der Waals surface area (Å²) in [6.45, 7) is 1.98. The van der Waals surface area contributed by atoms with Gasteiger partial charge in [-0.15, -0.1) is 0 Å². The minimum atomic E-state index is -1.03. The smallest absolute Gasteiger partial charge is 0.336 e. The van der Waals surface area contributed by atoms with Gasteiger partial charge in [0, 0.05) is 28.0 Å². The first-order valence-electron chi connectivity index (χ1n) is 9.53. The van der Waals surface area contributed by atoms with E-state index in [1.54, 1.807) is 37.4 Å². The van der Waals surface area contributed by atoms with Crippen LogP contribution in [0.3, 0.4) is 0 Å². The molecule has 0 amide bonds. The molecule has 0 aliphatic heterocycles. The molecule has 7 nitrogen and oxygen atoms in total. The fraction of sp³-hybridized carbons (Fsp3) is 0.217. The van der Waals surface area contributed by atoms with Gasteiger partial charge in [-0.25, -0.2) is 4.79 Å². The molecule has 0 aliphatic carbocycles. The van der Waals surface area contributed by atoms with Crippen LogP contribution in [-0.4, -0.2) is 23.3 Å². The van der Waals surface area contributed by atoms with E-state index >= 15 is 0 Å². The molecule has 30 heavy (non-hydrogen) atoms. The summed E-state index contributed by atoms with van der Waals surface area (Å²) in [5.74, 6) is -0.362. The van der Waals surface area contributed by atoms with E-state index in [2.05, 4.69) is 0 Å². The number of benzene rings is 2. The van der Waals surface area contributed by atoms with Gasteiger partial charge in [0.2, 0.25) is 5.75 Å². The molecular weight excluding hydrogens is 388 g/mol. The molecular formula is C23H20O7. The van der Waals surface area contributed by atoms with Crippen LogP contribution in [0.15, 0.2) is 50.0 Å². The van der Waals surface area contributed by atoms with E-state index in [1.165, 1.54) is 6.07 Å². The lowest BCUT2D eigenvalue weighted by molar-refractivity contribution is -0.136. The number of aryl methyl sites for hydroxylation is 1. The average Bonchev–Trinajstić information content (AvgIpc) is 3.07. The van der Waals surface area contributed by atoms with Crippen molar-refractivity contribution in [2.75, 3.05) is 7.11 Å². The standard InChI is InChI=1S/C23H20O7/c1-3-4-13-9-19(26)29-22-15(13)10-16-17(11-18(24)25)21(30-23(16)20(22)27)12-5-7-14(28-2)8-6-12/h5-10,27H,3-4,11H2,1-2H3,(H,24,25). The Morgan fingerprint density at radius 2 is 1.77 bits per heavy atom. The summed E-state index contributed by atoms with van der Waals surface area (Å²) in [4.78, 5) is 23.5.